The van der Waals surface area contributed by atoms with E-state index in [1.54, 1.807) is 0 Å². The van der Waals surface area contributed by atoms with Crippen LogP contribution in [0.3, 0.4) is 0 Å². The van der Waals surface area contributed by atoms with Crippen LogP contribution in [0.1, 0.15) is 5.56 Å². The third-order valence-corrected chi connectivity index (χ3v) is 5.70. The van der Waals surface area contributed by atoms with Gasteiger partial charge in [-0.3, -0.25) is 0 Å². The van der Waals surface area contributed by atoms with Crippen molar-refractivity contribution in [2.75, 3.05) is 0 Å². The van der Waals surface area contributed by atoms with Crippen LogP contribution < -0.4 is 0 Å². The SMILES string of the molecule is Cc1ccc2sc3c(ccc4ccc5ccccc5c43)c2c1. The van der Waals surface area contributed by atoms with E-state index in [0.717, 1.165) is 0 Å². The highest BCUT2D eigenvalue weighted by Gasteiger charge is 2.10. The van der Waals surface area contributed by atoms with Crippen LogP contribution in [0.4, 0.5) is 0 Å². The molecule has 0 radical (unpaired) electrons. The molecule has 0 amide bonds. The lowest BCUT2D eigenvalue weighted by Crippen LogP contribution is -1.78. The molecular weight excluding hydrogens is 284 g/mol. The zero-order valence-corrected chi connectivity index (χ0v) is 13.1. The van der Waals surface area contributed by atoms with Gasteiger partial charge in [0.15, 0.2) is 0 Å². The Balaban J connectivity index is 2.11. The van der Waals surface area contributed by atoms with Gasteiger partial charge in [0, 0.05) is 25.6 Å². The van der Waals surface area contributed by atoms with Crippen molar-refractivity contribution in [2.45, 2.75) is 6.92 Å². The Morgan fingerprint density at radius 1 is 0.682 bits per heavy atom. The molecule has 5 aromatic rings. The van der Waals surface area contributed by atoms with Crippen molar-refractivity contribution in [2.24, 2.45) is 0 Å². The third kappa shape index (κ3) is 1.57. The molecule has 5 rings (SSSR count). The molecule has 0 unspecified atom stereocenters. The molecule has 1 aromatic heterocycles. The van der Waals surface area contributed by atoms with Crippen molar-refractivity contribution in [3.05, 3.63) is 72.3 Å². The van der Waals surface area contributed by atoms with Gasteiger partial charge < -0.3 is 0 Å². The minimum atomic E-state index is 1.32. The van der Waals surface area contributed by atoms with Gasteiger partial charge in [-0.1, -0.05) is 60.2 Å². The molecule has 0 aliphatic heterocycles. The number of fused-ring (bicyclic) bond motifs is 7. The molecule has 22 heavy (non-hydrogen) atoms. The highest BCUT2D eigenvalue weighted by molar-refractivity contribution is 7.26. The van der Waals surface area contributed by atoms with E-state index in [-0.39, 0.29) is 0 Å². The van der Waals surface area contributed by atoms with Crippen LogP contribution in [0.2, 0.25) is 0 Å². The summed E-state index contributed by atoms with van der Waals surface area (Å²) in [6.45, 7) is 2.17. The van der Waals surface area contributed by atoms with Gasteiger partial charge in [-0.2, -0.15) is 0 Å². The van der Waals surface area contributed by atoms with Crippen LogP contribution in [-0.4, -0.2) is 0 Å². The van der Waals surface area contributed by atoms with Crippen molar-refractivity contribution in [3.63, 3.8) is 0 Å². The normalized spacial score (nSPS) is 11.9. The zero-order chi connectivity index (χ0) is 14.7. The molecular formula is C21H14S. The van der Waals surface area contributed by atoms with E-state index < -0.39 is 0 Å². The molecule has 4 aromatic carbocycles. The maximum absolute atomic E-state index is 2.31. The molecule has 0 nitrogen and oxygen atoms in total. The fourth-order valence-corrected chi connectivity index (χ4v) is 4.69. The predicted octanol–water partition coefficient (Wildman–Crippen LogP) is 6.67. The second-order valence-corrected chi connectivity index (χ2v) is 6.98. The van der Waals surface area contributed by atoms with E-state index in [4.69, 9.17) is 0 Å². The molecule has 0 spiro atoms. The Morgan fingerprint density at radius 3 is 2.45 bits per heavy atom. The topological polar surface area (TPSA) is 0 Å². The molecule has 0 fully saturated rings. The van der Waals surface area contributed by atoms with E-state index in [9.17, 15) is 0 Å². The van der Waals surface area contributed by atoms with Crippen LogP contribution in [0.5, 0.6) is 0 Å². The second kappa shape index (κ2) is 4.31. The standard InChI is InChI=1S/C21H14S/c1-13-6-11-19-18(12-13)17-10-9-15-8-7-14-4-2-3-5-16(14)20(15)21(17)22-19/h2-12H,1H3. The second-order valence-electron chi connectivity index (χ2n) is 5.93. The minimum Gasteiger partial charge on any atom is -0.135 e. The van der Waals surface area contributed by atoms with Crippen molar-refractivity contribution in [3.8, 4) is 0 Å². The van der Waals surface area contributed by atoms with E-state index >= 15 is 0 Å². The third-order valence-electron chi connectivity index (χ3n) is 4.50. The average molecular weight is 298 g/mol. The average Bonchev–Trinajstić information content (AvgIpc) is 2.92. The summed E-state index contributed by atoms with van der Waals surface area (Å²) in [4.78, 5) is 0. The lowest BCUT2D eigenvalue weighted by molar-refractivity contribution is 1.52. The number of hydrogen-bond acceptors (Lipinski definition) is 1. The summed E-state index contributed by atoms with van der Waals surface area (Å²) in [5.41, 5.74) is 1.32. The Kier molecular flexibility index (Phi) is 2.39. The van der Waals surface area contributed by atoms with Gasteiger partial charge in [0.1, 0.15) is 0 Å². The summed E-state index contributed by atoms with van der Waals surface area (Å²) < 4.78 is 2.79. The van der Waals surface area contributed by atoms with E-state index in [0.29, 0.717) is 0 Å². The summed E-state index contributed by atoms with van der Waals surface area (Å²) >= 11 is 1.91. The first kappa shape index (κ1) is 12.2. The smallest absolute Gasteiger partial charge is 0.0440 e. The number of aryl methyl sites for hydroxylation is 1. The summed E-state index contributed by atoms with van der Waals surface area (Å²) in [5, 5.41) is 8.16. The maximum Gasteiger partial charge on any atom is 0.0440 e. The first-order chi connectivity index (χ1) is 10.8. The first-order valence-electron chi connectivity index (χ1n) is 7.54. The Bertz CT molecular complexity index is 1180. The van der Waals surface area contributed by atoms with Crippen LogP contribution in [-0.2, 0) is 0 Å². The van der Waals surface area contributed by atoms with Crippen LogP contribution in [0, 0.1) is 6.92 Å². The molecule has 0 saturated heterocycles. The molecule has 0 atom stereocenters. The molecule has 104 valence electrons. The van der Waals surface area contributed by atoms with Crippen molar-refractivity contribution in [1.29, 1.82) is 0 Å². The first-order valence-corrected chi connectivity index (χ1v) is 8.36. The molecule has 0 bridgehead atoms. The van der Waals surface area contributed by atoms with Crippen molar-refractivity contribution >= 4 is 53.1 Å². The van der Waals surface area contributed by atoms with Crippen LogP contribution in [0.15, 0.2) is 66.7 Å². The highest BCUT2D eigenvalue weighted by atomic mass is 32.1. The molecule has 0 aliphatic rings. The van der Waals surface area contributed by atoms with Crippen LogP contribution >= 0.6 is 11.3 Å². The summed E-state index contributed by atoms with van der Waals surface area (Å²) in [7, 11) is 0. The minimum absolute atomic E-state index is 1.32. The van der Waals surface area contributed by atoms with E-state index in [1.165, 1.54) is 47.3 Å². The largest absolute Gasteiger partial charge is 0.135 e. The molecule has 0 saturated carbocycles. The summed E-state index contributed by atoms with van der Waals surface area (Å²) in [6.07, 6.45) is 0. The number of thiophene rings is 1. The van der Waals surface area contributed by atoms with E-state index in [1.807, 2.05) is 11.3 Å². The number of rotatable bonds is 0. The van der Waals surface area contributed by atoms with Gasteiger partial charge in [0.05, 0.1) is 0 Å². The lowest BCUT2D eigenvalue weighted by atomic mass is 9.99. The van der Waals surface area contributed by atoms with Crippen molar-refractivity contribution in [1.82, 2.24) is 0 Å². The number of benzene rings is 4. The Hall–Kier alpha value is -2.38. The maximum atomic E-state index is 2.31. The summed E-state index contributed by atoms with van der Waals surface area (Å²) in [6, 6.07) is 24.5. The molecule has 1 heteroatoms. The molecule has 1 heterocycles. The monoisotopic (exact) mass is 298 g/mol. The van der Waals surface area contributed by atoms with Gasteiger partial charge in [0.25, 0.3) is 0 Å². The highest BCUT2D eigenvalue weighted by Crippen LogP contribution is 2.41. The number of hydrogen-bond donors (Lipinski definition) is 0. The zero-order valence-electron chi connectivity index (χ0n) is 12.3. The van der Waals surface area contributed by atoms with Crippen LogP contribution in [0.25, 0.3) is 41.7 Å². The molecule has 0 aliphatic carbocycles. The lowest BCUT2D eigenvalue weighted by Gasteiger charge is -2.05. The van der Waals surface area contributed by atoms with Crippen molar-refractivity contribution < 1.29 is 0 Å². The summed E-state index contributed by atoms with van der Waals surface area (Å²) in [5.74, 6) is 0. The van der Waals surface area contributed by atoms with Gasteiger partial charge in [-0.15, -0.1) is 11.3 Å². The van der Waals surface area contributed by atoms with Gasteiger partial charge in [-0.25, -0.2) is 0 Å². The molecule has 0 N–H and O–H groups in total. The predicted molar refractivity (Wildman–Crippen MR) is 99.1 cm³/mol. The fourth-order valence-electron chi connectivity index (χ4n) is 3.44. The Labute approximate surface area is 132 Å². The quantitative estimate of drug-likeness (QED) is 0.280. The van der Waals surface area contributed by atoms with E-state index in [2.05, 4.69) is 73.7 Å². The van der Waals surface area contributed by atoms with Gasteiger partial charge >= 0.3 is 0 Å². The van der Waals surface area contributed by atoms with Gasteiger partial charge in [-0.05, 0) is 35.2 Å². The fraction of sp³-hybridized carbons (Fsp3) is 0.0476. The van der Waals surface area contributed by atoms with Gasteiger partial charge in [0.2, 0.25) is 0 Å². The Morgan fingerprint density at radius 2 is 1.50 bits per heavy atom.